The fourth-order valence-electron chi connectivity index (χ4n) is 6.02. The van der Waals surface area contributed by atoms with Gasteiger partial charge in [0.25, 0.3) is 0 Å². The molecule has 2 aliphatic rings. The summed E-state index contributed by atoms with van der Waals surface area (Å²) < 4.78 is 76.2. The Bertz CT molecular complexity index is 1730. The number of sulfonamides is 1. The zero-order valence-electron chi connectivity index (χ0n) is 29.3. The van der Waals surface area contributed by atoms with Crippen LogP contribution in [0.15, 0.2) is 52.9 Å². The molecular weight excluding hydrogens is 721 g/mol. The lowest BCUT2D eigenvalue weighted by atomic mass is 10.0. The minimum Gasteiger partial charge on any atom is -0.481 e. The molecular formula is C34H48N3O11PS2. The highest BCUT2D eigenvalue weighted by Crippen LogP contribution is 2.48. The lowest BCUT2D eigenvalue weighted by Gasteiger charge is -2.31. The summed E-state index contributed by atoms with van der Waals surface area (Å²) in [5.41, 5.74) is 3.07. The number of aliphatic hydroxyl groups is 1. The van der Waals surface area contributed by atoms with Crippen molar-refractivity contribution in [1.82, 2.24) is 14.6 Å². The summed E-state index contributed by atoms with van der Waals surface area (Å²) in [6, 6.07) is 10.7. The predicted octanol–water partition coefficient (Wildman–Crippen LogP) is 5.40. The van der Waals surface area contributed by atoms with E-state index in [-0.39, 0.29) is 62.4 Å². The smallest absolute Gasteiger partial charge is 0.407 e. The molecule has 0 spiro atoms. The number of fused-ring (bicyclic) bond motifs is 2. The van der Waals surface area contributed by atoms with Crippen LogP contribution in [-0.4, -0.2) is 99.3 Å². The molecule has 2 saturated heterocycles. The summed E-state index contributed by atoms with van der Waals surface area (Å²) in [6.45, 7) is 8.37. The monoisotopic (exact) mass is 769 g/mol. The number of alkyl carbamates (subject to hydrolysis) is 1. The quantitative estimate of drug-likeness (QED) is 0.149. The first-order valence-corrected chi connectivity index (χ1v) is 21.3. The molecule has 5 rings (SSSR count). The first-order chi connectivity index (χ1) is 24.4. The molecule has 2 fully saturated rings. The minimum atomic E-state index is -4.05. The number of benzene rings is 2. The maximum atomic E-state index is 14.1. The number of carbonyl (C=O) groups excluding carboxylic acids is 1. The molecule has 17 heteroatoms. The van der Waals surface area contributed by atoms with Gasteiger partial charge in [-0.15, -0.1) is 11.3 Å². The van der Waals surface area contributed by atoms with Crippen LogP contribution in [0.5, 0.6) is 5.75 Å². The standard InChI is InChI=1S/C34H48N3O11PS2/c1-5-23(4)18-37(51(41,42)26-12-13-28-32(17-26)50-21-35-28)19-30(38)29(36-34(39)48-31-20-44-33-27(31)14-15-43-33)16-24-8-10-25(11-9-24)45-22-49(40,46-6-2)47-7-3/h8-13,17,21,23,27,29-31,33,38H,5-7,14-16,18-20,22H2,1-4H3,(H,36,39)/t23-,27-,29-,30+,31-,33+/m0/s1. The van der Waals surface area contributed by atoms with Gasteiger partial charge >= 0.3 is 13.7 Å². The molecule has 0 saturated carbocycles. The zero-order valence-corrected chi connectivity index (χ0v) is 31.9. The molecule has 0 radical (unpaired) electrons. The average Bonchev–Trinajstić information content (AvgIpc) is 3.86. The Balaban J connectivity index is 1.34. The third-order valence-electron chi connectivity index (χ3n) is 8.97. The first kappa shape index (κ1) is 39.5. The Kier molecular flexibility index (Phi) is 13.9. The van der Waals surface area contributed by atoms with Gasteiger partial charge in [-0.1, -0.05) is 32.4 Å². The maximum Gasteiger partial charge on any atom is 0.407 e. The number of ether oxygens (including phenoxy) is 4. The molecule has 1 aromatic heterocycles. The van der Waals surface area contributed by atoms with Crippen molar-refractivity contribution in [1.29, 1.82) is 0 Å². The third kappa shape index (κ3) is 10.3. The number of hydrogen-bond donors (Lipinski definition) is 2. The van der Waals surface area contributed by atoms with E-state index >= 15 is 0 Å². The first-order valence-electron chi connectivity index (χ1n) is 17.3. The Labute approximate surface area is 303 Å². The number of carbonyl (C=O) groups is 1. The van der Waals surface area contributed by atoms with Gasteiger partial charge in [0.2, 0.25) is 10.0 Å². The zero-order chi connectivity index (χ0) is 36.6. The highest BCUT2D eigenvalue weighted by molar-refractivity contribution is 7.89. The van der Waals surface area contributed by atoms with Crippen LogP contribution in [-0.2, 0) is 44.3 Å². The Morgan fingerprint density at radius 3 is 2.57 bits per heavy atom. The fraction of sp³-hybridized carbons (Fsp3) is 0.588. The average molecular weight is 770 g/mol. The summed E-state index contributed by atoms with van der Waals surface area (Å²) in [6.07, 6.45) is -1.73. The molecule has 6 atom stereocenters. The van der Waals surface area contributed by atoms with Gasteiger partial charge in [0.1, 0.15) is 11.9 Å². The van der Waals surface area contributed by atoms with Gasteiger partial charge in [-0.05, 0) is 68.5 Å². The molecule has 0 aliphatic carbocycles. The number of nitrogens with one attached hydrogen (secondary N) is 1. The van der Waals surface area contributed by atoms with Crippen molar-refractivity contribution in [2.24, 2.45) is 11.8 Å². The van der Waals surface area contributed by atoms with Gasteiger partial charge in [0.05, 0.1) is 65.1 Å². The Morgan fingerprint density at radius 2 is 1.86 bits per heavy atom. The van der Waals surface area contributed by atoms with Gasteiger partial charge in [-0.25, -0.2) is 18.2 Å². The number of aliphatic hydroxyl groups excluding tert-OH is 1. The van der Waals surface area contributed by atoms with Gasteiger partial charge in [0.15, 0.2) is 12.6 Å². The van der Waals surface area contributed by atoms with Crippen LogP contribution in [0.25, 0.3) is 10.2 Å². The van der Waals surface area contributed by atoms with Crippen molar-refractivity contribution < 1.29 is 50.9 Å². The molecule has 282 valence electrons. The van der Waals surface area contributed by atoms with Crippen LogP contribution in [0.2, 0.25) is 0 Å². The summed E-state index contributed by atoms with van der Waals surface area (Å²) >= 11 is 1.35. The van der Waals surface area contributed by atoms with Crippen molar-refractivity contribution in [2.45, 2.75) is 76.4 Å². The summed E-state index contributed by atoms with van der Waals surface area (Å²) in [5, 5.41) is 14.6. The number of thiazole rings is 1. The second kappa shape index (κ2) is 17.9. The van der Waals surface area contributed by atoms with Crippen LogP contribution in [0, 0.1) is 11.8 Å². The molecule has 0 unspecified atom stereocenters. The number of hydrogen-bond acceptors (Lipinski definition) is 13. The van der Waals surface area contributed by atoms with Crippen LogP contribution in [0.1, 0.15) is 46.1 Å². The van der Waals surface area contributed by atoms with Crippen LogP contribution >= 0.6 is 18.9 Å². The van der Waals surface area contributed by atoms with Crippen molar-refractivity contribution in [3.05, 3.63) is 53.5 Å². The van der Waals surface area contributed by atoms with E-state index in [0.717, 1.165) is 11.1 Å². The van der Waals surface area contributed by atoms with Gasteiger partial charge in [-0.2, -0.15) is 4.31 Å². The maximum absolute atomic E-state index is 14.1. The van der Waals surface area contributed by atoms with Crippen LogP contribution in [0.3, 0.4) is 0 Å². The lowest BCUT2D eigenvalue weighted by Crippen LogP contribution is -2.51. The number of amides is 1. The fourth-order valence-corrected chi connectivity index (χ4v) is 9.73. The summed E-state index contributed by atoms with van der Waals surface area (Å²) in [4.78, 5) is 17.7. The Morgan fingerprint density at radius 1 is 1.12 bits per heavy atom. The van der Waals surface area contributed by atoms with Crippen molar-refractivity contribution >= 4 is 45.3 Å². The summed E-state index contributed by atoms with van der Waals surface area (Å²) in [7, 11) is -7.48. The Hall–Kier alpha value is -2.66. The second-order valence-electron chi connectivity index (χ2n) is 12.7. The van der Waals surface area contributed by atoms with E-state index in [0.29, 0.717) is 29.9 Å². The van der Waals surface area contributed by atoms with Crippen LogP contribution in [0.4, 0.5) is 4.79 Å². The number of aromatic nitrogens is 1. The van der Waals surface area contributed by atoms with E-state index in [1.54, 1.807) is 55.8 Å². The lowest BCUT2D eigenvalue weighted by molar-refractivity contribution is -0.0907. The topological polar surface area (TPSA) is 172 Å². The van der Waals surface area contributed by atoms with Crippen LogP contribution < -0.4 is 10.1 Å². The highest BCUT2D eigenvalue weighted by atomic mass is 32.2. The number of nitrogens with zero attached hydrogens (tertiary/aromatic N) is 2. The largest absolute Gasteiger partial charge is 0.481 e. The van der Waals surface area contributed by atoms with E-state index in [4.69, 9.17) is 28.0 Å². The van der Waals surface area contributed by atoms with E-state index in [2.05, 4.69) is 10.3 Å². The van der Waals surface area contributed by atoms with Gasteiger partial charge in [-0.3, -0.25) is 4.57 Å². The molecule has 3 aromatic rings. The molecule has 0 bridgehead atoms. The molecule has 3 heterocycles. The van der Waals surface area contributed by atoms with Crippen molar-refractivity contribution in [2.75, 3.05) is 45.9 Å². The van der Waals surface area contributed by atoms with Gasteiger partial charge in [0, 0.05) is 13.1 Å². The summed E-state index contributed by atoms with van der Waals surface area (Å²) in [5.74, 6) is 0.327. The molecule has 51 heavy (non-hydrogen) atoms. The molecule has 1 amide bonds. The second-order valence-corrected chi connectivity index (χ2v) is 17.5. The van der Waals surface area contributed by atoms with E-state index in [1.165, 1.54) is 21.7 Å². The van der Waals surface area contributed by atoms with E-state index in [9.17, 15) is 22.9 Å². The van der Waals surface area contributed by atoms with E-state index in [1.807, 2.05) is 13.8 Å². The predicted molar refractivity (Wildman–Crippen MR) is 191 cm³/mol. The highest BCUT2D eigenvalue weighted by Gasteiger charge is 2.44. The molecule has 2 aliphatic heterocycles. The van der Waals surface area contributed by atoms with E-state index < -0.39 is 48.3 Å². The number of rotatable bonds is 19. The molecule has 2 N–H and O–H groups in total. The molecule has 14 nitrogen and oxygen atoms in total. The third-order valence-corrected chi connectivity index (χ3v) is 13.3. The van der Waals surface area contributed by atoms with Crippen molar-refractivity contribution in [3.63, 3.8) is 0 Å². The van der Waals surface area contributed by atoms with Crippen molar-refractivity contribution in [3.8, 4) is 5.75 Å². The van der Waals surface area contributed by atoms with Gasteiger partial charge < -0.3 is 38.4 Å². The SMILES string of the molecule is CCOP(=O)(COc1ccc(C[C@H](NC(=O)O[C@H]2CO[C@H]3OCC[C@H]32)[C@H](O)CN(C[C@@H](C)CC)S(=O)(=O)c2ccc3ncsc3c2)cc1)OCC. The minimum absolute atomic E-state index is 0.00673. The molecule has 2 aromatic carbocycles. The normalized spacial score (nSPS) is 21.0.